The topological polar surface area (TPSA) is 338 Å². The smallest absolute Gasteiger partial charge is 0.388 e. The van der Waals surface area contributed by atoms with Crippen molar-refractivity contribution in [3.05, 3.63) is 0 Å². The summed E-state index contributed by atoms with van der Waals surface area (Å²) in [6.07, 6.45) is -14.0. The van der Waals surface area contributed by atoms with Crippen molar-refractivity contribution in [2.45, 2.75) is 125 Å². The molecular weight excluding hydrogens is 642 g/mol. The molecule has 3 rings (SSSR count). The molecule has 0 radical (unpaired) electrons. The number of ether oxygens (including phenoxy) is 4. The van der Waals surface area contributed by atoms with Gasteiger partial charge in [0.2, 0.25) is 5.91 Å². The van der Waals surface area contributed by atoms with Gasteiger partial charge in [-0.05, 0) is 41.2 Å². The van der Waals surface area contributed by atoms with Crippen molar-refractivity contribution in [1.82, 2.24) is 16.0 Å². The van der Waals surface area contributed by atoms with Gasteiger partial charge in [-0.25, -0.2) is 0 Å². The Kier molecular flexibility index (Phi) is 14.6. The zero-order valence-electron chi connectivity index (χ0n) is 26.3. The number of nitrogens with one attached hydrogen (secondary N) is 3. The van der Waals surface area contributed by atoms with Gasteiger partial charge in [-0.3, -0.25) is 13.9 Å². The molecule has 1 saturated carbocycles. The molecule has 1 amide bonds. The molecule has 14 atom stereocenters. The van der Waals surface area contributed by atoms with E-state index in [2.05, 4.69) is 16.0 Å². The quantitative estimate of drug-likeness (QED) is 0.0999. The summed E-state index contributed by atoms with van der Waals surface area (Å²) >= 11 is 0. The molecule has 15 N–H and O–H groups in total. The Bertz CT molecular complexity index is 1070. The van der Waals surface area contributed by atoms with Gasteiger partial charge in [-0.2, -0.15) is 8.42 Å². The number of amides is 1. The number of hydrogen-bond donors (Lipinski definition) is 13. The summed E-state index contributed by atoms with van der Waals surface area (Å²) in [4.78, 5) is 12.8. The molecular formula is C25H51N5O15S. The lowest BCUT2D eigenvalue weighted by molar-refractivity contribution is -0.330. The maximum atomic E-state index is 12.8. The highest BCUT2D eigenvalue weighted by molar-refractivity contribution is 7.79. The minimum absolute atomic E-state index is 0.0337. The predicted molar refractivity (Wildman–Crippen MR) is 157 cm³/mol. The van der Waals surface area contributed by atoms with E-state index in [1.165, 1.54) is 6.92 Å². The number of aliphatic hydroxyl groups is 6. The predicted octanol–water partition coefficient (Wildman–Crippen LogP) is -6.11. The van der Waals surface area contributed by atoms with Gasteiger partial charge in [0.15, 0.2) is 12.6 Å². The van der Waals surface area contributed by atoms with Crippen LogP contribution in [0.25, 0.3) is 0 Å². The monoisotopic (exact) mass is 693 g/mol. The molecule has 272 valence electrons. The zero-order chi connectivity index (χ0) is 35.4. The molecule has 2 saturated heterocycles. The van der Waals surface area contributed by atoms with Gasteiger partial charge in [0.05, 0.1) is 25.2 Å². The SMILES string of the molecule is CNC1C(O)C(OC2C(NC(=O)CNC(C)(C)C)CC(N)C(OC3OC(CN)C(O)C(O)C3O)C2O)OCC1(C)O.O=S(=O)(O)O. The van der Waals surface area contributed by atoms with Crippen LogP contribution in [0.2, 0.25) is 0 Å². The molecule has 14 unspecified atom stereocenters. The van der Waals surface area contributed by atoms with Crippen molar-refractivity contribution in [2.75, 3.05) is 26.7 Å². The number of nitrogens with two attached hydrogens (primary N) is 2. The van der Waals surface area contributed by atoms with Crippen LogP contribution in [0.4, 0.5) is 0 Å². The standard InChI is InChI=1S/C25H49N5O11.H2O4S/c1-24(2,3)29-8-13(31)30-11-6-10(27)19(40-23-16(34)15(33)14(32)12(7-26)39-23)17(35)20(11)41-22-18(36)21(28-5)25(4,37)9-38-22;1-5(2,3)4/h10-12,14-23,28-29,32-37H,6-9,26-27H2,1-5H3,(H,30,31);(H2,1,2,3,4). The van der Waals surface area contributed by atoms with E-state index in [9.17, 15) is 35.4 Å². The van der Waals surface area contributed by atoms with Gasteiger partial charge in [0.1, 0.15) is 54.4 Å². The summed E-state index contributed by atoms with van der Waals surface area (Å²) in [5.74, 6) is -0.396. The lowest BCUT2D eigenvalue weighted by Crippen LogP contribution is -2.70. The lowest BCUT2D eigenvalue weighted by atomic mass is 9.83. The summed E-state index contributed by atoms with van der Waals surface area (Å²) in [7, 11) is -3.11. The third-order valence-electron chi connectivity index (χ3n) is 7.77. The number of carbonyl (C=O) groups is 1. The van der Waals surface area contributed by atoms with E-state index in [0.717, 1.165) is 0 Å². The van der Waals surface area contributed by atoms with E-state index in [1.807, 2.05) is 20.8 Å². The first kappa shape index (κ1) is 41.0. The van der Waals surface area contributed by atoms with Gasteiger partial charge >= 0.3 is 10.4 Å². The number of hydrogen-bond acceptors (Lipinski definition) is 17. The summed E-state index contributed by atoms with van der Waals surface area (Å²) < 4.78 is 54.6. The van der Waals surface area contributed by atoms with E-state index >= 15 is 0 Å². The van der Waals surface area contributed by atoms with Crippen LogP contribution in [0.15, 0.2) is 0 Å². The molecule has 0 spiro atoms. The Morgan fingerprint density at radius 3 is 2.07 bits per heavy atom. The number of likely N-dealkylation sites (N-methyl/N-ethyl adjacent to an activating group) is 1. The molecule has 21 heteroatoms. The van der Waals surface area contributed by atoms with Crippen LogP contribution < -0.4 is 27.4 Å². The Morgan fingerprint density at radius 2 is 1.54 bits per heavy atom. The first-order valence-corrected chi connectivity index (χ1v) is 16.0. The molecule has 0 bridgehead atoms. The molecule has 20 nitrogen and oxygen atoms in total. The van der Waals surface area contributed by atoms with Gasteiger partial charge in [-0.15, -0.1) is 0 Å². The van der Waals surface area contributed by atoms with Crippen molar-refractivity contribution in [3.8, 4) is 0 Å². The highest BCUT2D eigenvalue weighted by Crippen LogP contribution is 2.32. The minimum Gasteiger partial charge on any atom is -0.388 e. The van der Waals surface area contributed by atoms with Crippen LogP contribution in [0.1, 0.15) is 34.1 Å². The summed E-state index contributed by atoms with van der Waals surface area (Å²) in [5, 5.41) is 72.6. The van der Waals surface area contributed by atoms with Gasteiger partial charge in [-0.1, -0.05) is 0 Å². The third-order valence-corrected chi connectivity index (χ3v) is 7.77. The second-order valence-corrected chi connectivity index (χ2v) is 13.8. The van der Waals surface area contributed by atoms with Crippen molar-refractivity contribution in [1.29, 1.82) is 0 Å². The minimum atomic E-state index is -4.67. The summed E-state index contributed by atoms with van der Waals surface area (Å²) in [6, 6.07) is -2.61. The average Bonchev–Trinajstić information content (AvgIpc) is 2.91. The molecule has 2 aliphatic heterocycles. The van der Waals surface area contributed by atoms with Gasteiger partial charge < -0.3 is 77.0 Å². The highest BCUT2D eigenvalue weighted by Gasteiger charge is 2.53. The summed E-state index contributed by atoms with van der Waals surface area (Å²) in [5.41, 5.74) is 10.2. The third kappa shape index (κ3) is 11.4. The summed E-state index contributed by atoms with van der Waals surface area (Å²) in [6.45, 7) is 6.78. The number of aliphatic hydroxyl groups excluding tert-OH is 5. The second-order valence-electron chi connectivity index (χ2n) is 12.9. The van der Waals surface area contributed by atoms with Crippen molar-refractivity contribution >= 4 is 16.3 Å². The fourth-order valence-electron chi connectivity index (χ4n) is 5.44. The molecule has 1 aliphatic carbocycles. The Labute approximate surface area is 267 Å². The van der Waals surface area contributed by atoms with E-state index < -0.39 is 101 Å². The molecule has 0 aromatic carbocycles. The van der Waals surface area contributed by atoms with E-state index in [0.29, 0.717) is 0 Å². The van der Waals surface area contributed by atoms with Crippen molar-refractivity contribution in [2.24, 2.45) is 11.5 Å². The molecule has 46 heavy (non-hydrogen) atoms. The average molecular weight is 694 g/mol. The van der Waals surface area contributed by atoms with E-state index in [4.69, 9.17) is 47.9 Å². The molecule has 0 aromatic heterocycles. The maximum Gasteiger partial charge on any atom is 0.394 e. The van der Waals surface area contributed by atoms with Crippen LogP contribution in [0, 0.1) is 0 Å². The van der Waals surface area contributed by atoms with Gasteiger partial charge in [0.25, 0.3) is 0 Å². The Morgan fingerprint density at radius 1 is 0.978 bits per heavy atom. The molecule has 2 heterocycles. The number of carbonyl (C=O) groups excluding carboxylic acids is 1. The van der Waals surface area contributed by atoms with E-state index in [1.54, 1.807) is 7.05 Å². The van der Waals surface area contributed by atoms with Crippen LogP contribution in [0.5, 0.6) is 0 Å². The van der Waals surface area contributed by atoms with Crippen LogP contribution >= 0.6 is 0 Å². The van der Waals surface area contributed by atoms with Crippen LogP contribution in [-0.4, -0.2) is 171 Å². The fourth-order valence-corrected chi connectivity index (χ4v) is 5.44. The Hall–Kier alpha value is -1.22. The van der Waals surface area contributed by atoms with Crippen molar-refractivity contribution < 1.29 is 71.9 Å². The lowest BCUT2D eigenvalue weighted by Gasteiger charge is -2.49. The highest BCUT2D eigenvalue weighted by atomic mass is 32.3. The maximum absolute atomic E-state index is 12.8. The first-order valence-electron chi connectivity index (χ1n) is 14.6. The Balaban J connectivity index is 0.00000136. The normalized spacial score (nSPS) is 42.1. The number of rotatable bonds is 9. The van der Waals surface area contributed by atoms with Crippen molar-refractivity contribution in [3.63, 3.8) is 0 Å². The van der Waals surface area contributed by atoms with E-state index in [-0.39, 0.29) is 31.7 Å². The van der Waals surface area contributed by atoms with Crippen LogP contribution in [0.3, 0.4) is 0 Å². The molecule has 3 aliphatic rings. The second kappa shape index (κ2) is 16.5. The first-order chi connectivity index (χ1) is 21.0. The van der Waals surface area contributed by atoms with Gasteiger partial charge in [0, 0.05) is 18.1 Å². The zero-order valence-corrected chi connectivity index (χ0v) is 27.1. The fraction of sp³-hybridized carbons (Fsp3) is 0.960. The molecule has 0 aromatic rings. The molecule has 3 fully saturated rings. The largest absolute Gasteiger partial charge is 0.394 e. The van der Waals surface area contributed by atoms with Crippen LogP contribution in [-0.2, 0) is 34.1 Å².